The number of hydrogen-bond donors (Lipinski definition) is 1. The second-order valence-corrected chi connectivity index (χ2v) is 4.40. The Kier molecular flexibility index (Phi) is 6.27. The van der Waals surface area contributed by atoms with E-state index in [4.69, 9.17) is 27.9 Å². The lowest BCUT2D eigenvalue weighted by Gasteiger charge is -2.07. The summed E-state index contributed by atoms with van der Waals surface area (Å²) in [6.45, 7) is -0.844. The molecule has 1 amide bonds. The molecule has 0 heterocycles. The van der Waals surface area contributed by atoms with Gasteiger partial charge in [0.2, 0.25) is 0 Å². The maximum Gasteiger partial charge on any atom is 0.340 e. The van der Waals surface area contributed by atoms with Gasteiger partial charge < -0.3 is 14.8 Å². The van der Waals surface area contributed by atoms with E-state index in [1.54, 1.807) is 0 Å². The van der Waals surface area contributed by atoms with Crippen molar-refractivity contribution in [2.24, 2.45) is 0 Å². The first-order valence-corrected chi connectivity index (χ1v) is 6.15. The van der Waals surface area contributed by atoms with Gasteiger partial charge >= 0.3 is 11.9 Å². The van der Waals surface area contributed by atoms with Gasteiger partial charge in [-0.25, -0.2) is 4.79 Å². The van der Waals surface area contributed by atoms with Crippen molar-refractivity contribution < 1.29 is 23.9 Å². The zero-order valence-electron chi connectivity index (χ0n) is 10.4. The summed E-state index contributed by atoms with van der Waals surface area (Å²) in [5, 5.41) is 2.69. The van der Waals surface area contributed by atoms with Crippen LogP contribution in [0.3, 0.4) is 0 Å². The Morgan fingerprint density at radius 1 is 1.25 bits per heavy atom. The first-order chi connectivity index (χ1) is 9.43. The van der Waals surface area contributed by atoms with Crippen LogP contribution < -0.4 is 5.32 Å². The van der Waals surface area contributed by atoms with Gasteiger partial charge in [-0.1, -0.05) is 23.2 Å². The normalized spacial score (nSPS) is 9.75. The van der Waals surface area contributed by atoms with Crippen LogP contribution in [0.2, 0.25) is 10.0 Å². The molecule has 1 rings (SSSR count). The largest absolute Gasteiger partial charge is 0.468 e. The molecule has 6 nitrogen and oxygen atoms in total. The van der Waals surface area contributed by atoms with Gasteiger partial charge in [0.1, 0.15) is 6.54 Å². The summed E-state index contributed by atoms with van der Waals surface area (Å²) in [7, 11) is 1.19. The molecule has 0 spiro atoms. The van der Waals surface area contributed by atoms with Gasteiger partial charge in [0.05, 0.1) is 17.7 Å². The molecule has 108 valence electrons. The van der Waals surface area contributed by atoms with Crippen molar-refractivity contribution in [2.75, 3.05) is 20.3 Å². The topological polar surface area (TPSA) is 81.7 Å². The first-order valence-electron chi connectivity index (χ1n) is 5.39. The highest BCUT2D eigenvalue weighted by molar-refractivity contribution is 6.35. The molecule has 1 aromatic rings. The van der Waals surface area contributed by atoms with E-state index in [2.05, 4.69) is 10.1 Å². The highest BCUT2D eigenvalue weighted by Crippen LogP contribution is 2.21. The van der Waals surface area contributed by atoms with Crippen molar-refractivity contribution in [3.63, 3.8) is 0 Å². The number of carbonyl (C=O) groups excluding carboxylic acids is 3. The van der Waals surface area contributed by atoms with Crippen molar-refractivity contribution in [2.45, 2.75) is 0 Å². The van der Waals surface area contributed by atoms with E-state index in [9.17, 15) is 14.4 Å². The first kappa shape index (κ1) is 16.3. The van der Waals surface area contributed by atoms with Gasteiger partial charge in [0.25, 0.3) is 5.91 Å². The molecule has 0 fully saturated rings. The van der Waals surface area contributed by atoms with E-state index in [1.165, 1.54) is 25.3 Å². The third-order valence-electron chi connectivity index (χ3n) is 2.14. The Bertz CT molecular complexity index is 533. The number of rotatable bonds is 5. The SMILES string of the molecule is COC(=O)CNC(=O)COC(=O)c1cc(Cl)ccc1Cl. The lowest BCUT2D eigenvalue weighted by atomic mass is 10.2. The molecule has 0 aliphatic rings. The zero-order chi connectivity index (χ0) is 15.1. The molecular weight excluding hydrogens is 309 g/mol. The fourth-order valence-corrected chi connectivity index (χ4v) is 1.52. The lowest BCUT2D eigenvalue weighted by Crippen LogP contribution is -2.33. The maximum absolute atomic E-state index is 11.7. The molecule has 0 bridgehead atoms. The van der Waals surface area contributed by atoms with Crippen LogP contribution >= 0.6 is 23.2 Å². The molecule has 0 saturated heterocycles. The average Bonchev–Trinajstić information content (AvgIpc) is 2.44. The van der Waals surface area contributed by atoms with Gasteiger partial charge in [-0.15, -0.1) is 0 Å². The number of hydrogen-bond acceptors (Lipinski definition) is 5. The molecule has 0 aromatic heterocycles. The fourth-order valence-electron chi connectivity index (χ4n) is 1.16. The number of amides is 1. The van der Waals surface area contributed by atoms with Gasteiger partial charge in [-0.2, -0.15) is 0 Å². The Labute approximate surface area is 124 Å². The van der Waals surface area contributed by atoms with Gasteiger partial charge in [0, 0.05) is 5.02 Å². The van der Waals surface area contributed by atoms with E-state index < -0.39 is 24.5 Å². The Morgan fingerprint density at radius 2 is 1.95 bits per heavy atom. The summed E-state index contributed by atoms with van der Waals surface area (Å²) in [4.78, 5) is 33.8. The minimum Gasteiger partial charge on any atom is -0.468 e. The van der Waals surface area contributed by atoms with E-state index in [0.717, 1.165) is 0 Å². The Balaban J connectivity index is 2.49. The van der Waals surface area contributed by atoms with Crippen LogP contribution in [-0.2, 0) is 19.1 Å². The van der Waals surface area contributed by atoms with E-state index in [-0.39, 0.29) is 17.1 Å². The maximum atomic E-state index is 11.7. The molecule has 20 heavy (non-hydrogen) atoms. The highest BCUT2D eigenvalue weighted by Gasteiger charge is 2.14. The van der Waals surface area contributed by atoms with Crippen LogP contribution in [0.15, 0.2) is 18.2 Å². The van der Waals surface area contributed by atoms with Crippen molar-refractivity contribution in [1.29, 1.82) is 0 Å². The van der Waals surface area contributed by atoms with Crippen LogP contribution in [0.1, 0.15) is 10.4 Å². The quantitative estimate of drug-likeness (QED) is 0.830. The van der Waals surface area contributed by atoms with Crippen molar-refractivity contribution in [3.05, 3.63) is 33.8 Å². The van der Waals surface area contributed by atoms with Crippen LogP contribution in [0.25, 0.3) is 0 Å². The molecule has 0 unspecified atom stereocenters. The Morgan fingerprint density at radius 3 is 2.60 bits per heavy atom. The third-order valence-corrected chi connectivity index (χ3v) is 2.70. The number of methoxy groups -OCH3 is 1. The van der Waals surface area contributed by atoms with Gasteiger partial charge in [-0.3, -0.25) is 9.59 Å². The molecule has 1 N–H and O–H groups in total. The van der Waals surface area contributed by atoms with Crippen LogP contribution in [0, 0.1) is 0 Å². The fraction of sp³-hybridized carbons (Fsp3) is 0.250. The van der Waals surface area contributed by atoms with E-state index in [0.29, 0.717) is 5.02 Å². The standard InChI is InChI=1S/C12H11Cl2NO5/c1-19-11(17)5-15-10(16)6-20-12(18)8-4-7(13)2-3-9(8)14/h2-4H,5-6H2,1H3,(H,15,16). The second kappa shape index (κ2) is 7.72. The number of benzene rings is 1. The predicted octanol–water partition coefficient (Wildman–Crippen LogP) is 1.44. The zero-order valence-corrected chi connectivity index (χ0v) is 12.0. The van der Waals surface area contributed by atoms with Crippen molar-refractivity contribution >= 4 is 41.0 Å². The van der Waals surface area contributed by atoms with Crippen molar-refractivity contribution in [1.82, 2.24) is 5.32 Å². The molecule has 0 radical (unpaired) electrons. The summed E-state index contributed by atoms with van der Waals surface area (Å²) >= 11 is 11.5. The van der Waals surface area contributed by atoms with Crippen LogP contribution in [0.5, 0.6) is 0 Å². The smallest absolute Gasteiger partial charge is 0.340 e. The summed E-state index contributed by atoms with van der Waals surface area (Å²) in [5.74, 6) is -2.03. The lowest BCUT2D eigenvalue weighted by molar-refractivity contribution is -0.141. The predicted molar refractivity (Wildman–Crippen MR) is 71.8 cm³/mol. The number of ether oxygens (including phenoxy) is 2. The summed E-state index contributed by atoms with van der Waals surface area (Å²) in [6.07, 6.45) is 0. The molecule has 0 saturated carbocycles. The minimum atomic E-state index is -0.786. The summed E-state index contributed by atoms with van der Waals surface area (Å²) < 4.78 is 9.08. The average molecular weight is 320 g/mol. The Hall–Kier alpha value is -1.79. The minimum absolute atomic E-state index is 0.0555. The molecule has 0 atom stereocenters. The molecule has 0 aliphatic carbocycles. The van der Waals surface area contributed by atoms with Gasteiger partial charge in [0.15, 0.2) is 6.61 Å². The number of esters is 2. The third kappa shape index (κ3) is 5.07. The van der Waals surface area contributed by atoms with E-state index in [1.807, 2.05) is 0 Å². The van der Waals surface area contributed by atoms with Gasteiger partial charge in [-0.05, 0) is 18.2 Å². The highest BCUT2D eigenvalue weighted by atomic mass is 35.5. The molecule has 0 aliphatic heterocycles. The number of carbonyl (C=O) groups is 3. The molecular formula is C12H11Cl2NO5. The monoisotopic (exact) mass is 319 g/mol. The molecule has 8 heteroatoms. The van der Waals surface area contributed by atoms with Crippen LogP contribution in [-0.4, -0.2) is 38.1 Å². The van der Waals surface area contributed by atoms with E-state index >= 15 is 0 Å². The summed E-state index contributed by atoms with van der Waals surface area (Å²) in [5.41, 5.74) is 0.0555. The summed E-state index contributed by atoms with van der Waals surface area (Å²) in [6, 6.07) is 4.29. The number of nitrogens with one attached hydrogen (secondary N) is 1. The molecule has 1 aromatic carbocycles. The van der Waals surface area contributed by atoms with Crippen LogP contribution in [0.4, 0.5) is 0 Å². The second-order valence-electron chi connectivity index (χ2n) is 3.55. The number of halogens is 2. The van der Waals surface area contributed by atoms with Crippen molar-refractivity contribution in [3.8, 4) is 0 Å².